The minimum Gasteiger partial charge on any atom is -0.491 e. The number of allylic oxidation sites excluding steroid dienone is 2. The molecule has 30 heavy (non-hydrogen) atoms. The Hall–Kier alpha value is -3.54. The lowest BCUT2D eigenvalue weighted by atomic mass is 10.1. The molecule has 3 heterocycles. The number of hydrogen-bond acceptors (Lipinski definition) is 6. The summed E-state index contributed by atoms with van der Waals surface area (Å²) in [5.41, 5.74) is 4.15. The number of hydrogen-bond donors (Lipinski definition) is 0. The summed E-state index contributed by atoms with van der Waals surface area (Å²) >= 11 is 0. The number of methoxy groups -OCH3 is 1. The van der Waals surface area contributed by atoms with E-state index in [-0.39, 0.29) is 0 Å². The summed E-state index contributed by atoms with van der Waals surface area (Å²) < 4.78 is 11.9. The van der Waals surface area contributed by atoms with Gasteiger partial charge in [-0.05, 0) is 30.7 Å². The summed E-state index contributed by atoms with van der Waals surface area (Å²) in [7, 11) is 1.66. The molecule has 2 aromatic carbocycles. The first kappa shape index (κ1) is 18.5. The Bertz CT molecular complexity index is 1090. The van der Waals surface area contributed by atoms with Crippen LogP contribution in [-0.2, 0) is 6.61 Å². The SMILES string of the molecule is COc1c(OCc2ccccc2)ccc2c1N=C(N1C=CC=C(C)C1)N1CCN=C21. The summed E-state index contributed by atoms with van der Waals surface area (Å²) in [5, 5.41) is 0. The Labute approximate surface area is 176 Å². The van der Waals surface area contributed by atoms with Gasteiger partial charge >= 0.3 is 0 Å². The lowest BCUT2D eigenvalue weighted by Gasteiger charge is -2.35. The zero-order chi connectivity index (χ0) is 20.5. The van der Waals surface area contributed by atoms with Crippen molar-refractivity contribution in [1.82, 2.24) is 9.80 Å². The van der Waals surface area contributed by atoms with E-state index in [1.54, 1.807) is 7.11 Å². The first-order valence-electron chi connectivity index (χ1n) is 10.1. The fourth-order valence-corrected chi connectivity index (χ4v) is 3.97. The number of fused-ring (bicyclic) bond motifs is 3. The van der Waals surface area contributed by atoms with Crippen molar-refractivity contribution in [3.8, 4) is 11.5 Å². The molecule has 6 heteroatoms. The number of ether oxygens (including phenoxy) is 2. The highest BCUT2D eigenvalue weighted by molar-refractivity contribution is 6.16. The van der Waals surface area contributed by atoms with E-state index in [1.807, 2.05) is 42.5 Å². The lowest BCUT2D eigenvalue weighted by molar-refractivity contribution is 0.285. The van der Waals surface area contributed by atoms with Crippen molar-refractivity contribution < 1.29 is 9.47 Å². The van der Waals surface area contributed by atoms with Crippen LogP contribution in [0.1, 0.15) is 18.1 Å². The van der Waals surface area contributed by atoms with Crippen molar-refractivity contribution in [3.63, 3.8) is 0 Å². The standard InChI is InChI=1S/C24H24N4O2/c1-17-7-6-13-27(15-17)24-26-21-19(23-25-12-14-28(23)24)10-11-20(22(21)29-2)30-16-18-8-4-3-5-9-18/h3-11,13H,12,14-16H2,1-2H3. The van der Waals surface area contributed by atoms with Crippen LogP contribution in [0.25, 0.3) is 0 Å². The normalized spacial score (nSPS) is 17.1. The number of rotatable bonds is 4. The lowest BCUT2D eigenvalue weighted by Crippen LogP contribution is -2.46. The summed E-state index contributed by atoms with van der Waals surface area (Å²) in [6, 6.07) is 14.1. The molecule has 0 aromatic heterocycles. The molecule has 0 amide bonds. The maximum Gasteiger partial charge on any atom is 0.212 e. The molecule has 0 spiro atoms. The van der Waals surface area contributed by atoms with Gasteiger partial charge in [-0.15, -0.1) is 0 Å². The Morgan fingerprint density at radius 2 is 1.97 bits per heavy atom. The zero-order valence-electron chi connectivity index (χ0n) is 17.2. The van der Waals surface area contributed by atoms with E-state index in [2.05, 4.69) is 35.1 Å². The van der Waals surface area contributed by atoms with Crippen molar-refractivity contribution >= 4 is 17.5 Å². The molecule has 0 unspecified atom stereocenters. The van der Waals surface area contributed by atoms with Crippen LogP contribution in [0, 0.1) is 0 Å². The minimum atomic E-state index is 0.471. The highest BCUT2D eigenvalue weighted by Crippen LogP contribution is 2.44. The quantitative estimate of drug-likeness (QED) is 0.775. The van der Waals surface area contributed by atoms with Gasteiger partial charge in [0.25, 0.3) is 0 Å². The van der Waals surface area contributed by atoms with Gasteiger partial charge in [0.05, 0.1) is 13.7 Å². The van der Waals surface area contributed by atoms with Crippen LogP contribution in [0.15, 0.2) is 76.4 Å². The number of nitrogens with zero attached hydrogens (tertiary/aromatic N) is 4. The van der Waals surface area contributed by atoms with Crippen LogP contribution < -0.4 is 9.47 Å². The molecule has 5 rings (SSSR count). The Morgan fingerprint density at radius 1 is 1.10 bits per heavy atom. The Kier molecular flexibility index (Phi) is 4.75. The fourth-order valence-electron chi connectivity index (χ4n) is 3.97. The van der Waals surface area contributed by atoms with E-state index in [4.69, 9.17) is 19.5 Å². The zero-order valence-corrected chi connectivity index (χ0v) is 17.2. The average molecular weight is 400 g/mol. The minimum absolute atomic E-state index is 0.471. The number of aliphatic imine (C=N–C) groups is 2. The second kappa shape index (κ2) is 7.71. The molecule has 0 radical (unpaired) electrons. The summed E-state index contributed by atoms with van der Waals surface area (Å²) in [4.78, 5) is 14.2. The van der Waals surface area contributed by atoms with Crippen molar-refractivity contribution in [1.29, 1.82) is 0 Å². The van der Waals surface area contributed by atoms with Crippen LogP contribution in [0.5, 0.6) is 11.5 Å². The summed E-state index contributed by atoms with van der Waals surface area (Å²) in [5.74, 6) is 3.15. The molecule has 0 saturated heterocycles. The van der Waals surface area contributed by atoms with Crippen molar-refractivity contribution in [2.24, 2.45) is 9.98 Å². The van der Waals surface area contributed by atoms with Crippen molar-refractivity contribution in [2.45, 2.75) is 13.5 Å². The molecule has 0 atom stereocenters. The van der Waals surface area contributed by atoms with E-state index < -0.39 is 0 Å². The van der Waals surface area contributed by atoms with E-state index in [1.165, 1.54) is 5.57 Å². The number of guanidine groups is 1. The van der Waals surface area contributed by atoms with Crippen LogP contribution in [0.3, 0.4) is 0 Å². The molecule has 3 aliphatic heterocycles. The van der Waals surface area contributed by atoms with Crippen LogP contribution in [0.2, 0.25) is 0 Å². The predicted molar refractivity (Wildman–Crippen MR) is 119 cm³/mol. The molecule has 3 aliphatic rings. The van der Waals surface area contributed by atoms with Gasteiger partial charge in [0.15, 0.2) is 11.5 Å². The third kappa shape index (κ3) is 3.24. The van der Waals surface area contributed by atoms with Crippen LogP contribution in [-0.4, -0.2) is 48.3 Å². The highest BCUT2D eigenvalue weighted by atomic mass is 16.5. The molecule has 2 aromatic rings. The highest BCUT2D eigenvalue weighted by Gasteiger charge is 2.34. The molecule has 152 valence electrons. The molecule has 0 fully saturated rings. The molecule has 0 aliphatic carbocycles. The van der Waals surface area contributed by atoms with Crippen LogP contribution >= 0.6 is 0 Å². The molecule has 0 N–H and O–H groups in total. The van der Waals surface area contributed by atoms with Crippen molar-refractivity contribution in [3.05, 3.63) is 77.5 Å². The first-order chi connectivity index (χ1) is 14.7. The van der Waals surface area contributed by atoms with Gasteiger partial charge < -0.3 is 14.4 Å². The molecule has 6 nitrogen and oxygen atoms in total. The monoisotopic (exact) mass is 400 g/mol. The van der Waals surface area contributed by atoms with Gasteiger partial charge in [-0.2, -0.15) is 0 Å². The van der Waals surface area contributed by atoms with Gasteiger partial charge in [-0.3, -0.25) is 9.89 Å². The summed E-state index contributed by atoms with van der Waals surface area (Å²) in [6.07, 6.45) is 6.25. The third-order valence-corrected chi connectivity index (χ3v) is 5.40. The van der Waals surface area contributed by atoms with Gasteiger partial charge in [0.2, 0.25) is 5.96 Å². The maximum atomic E-state index is 6.10. The van der Waals surface area contributed by atoms with E-state index in [0.29, 0.717) is 18.1 Å². The summed E-state index contributed by atoms with van der Waals surface area (Å²) in [6.45, 7) is 4.99. The van der Waals surface area contributed by atoms with E-state index >= 15 is 0 Å². The Morgan fingerprint density at radius 3 is 2.77 bits per heavy atom. The van der Waals surface area contributed by atoms with Crippen LogP contribution in [0.4, 0.5) is 5.69 Å². The van der Waals surface area contributed by atoms with Gasteiger partial charge in [0.1, 0.15) is 18.1 Å². The third-order valence-electron chi connectivity index (χ3n) is 5.40. The predicted octanol–water partition coefficient (Wildman–Crippen LogP) is 4.11. The fraction of sp³-hybridized carbons (Fsp3) is 0.250. The smallest absolute Gasteiger partial charge is 0.212 e. The topological polar surface area (TPSA) is 49.7 Å². The van der Waals surface area contributed by atoms with Gasteiger partial charge in [-0.25, -0.2) is 4.99 Å². The number of amidine groups is 1. The number of benzene rings is 2. The molecule has 0 saturated carbocycles. The van der Waals surface area contributed by atoms with E-state index in [0.717, 1.165) is 48.2 Å². The van der Waals surface area contributed by atoms with E-state index in [9.17, 15) is 0 Å². The Balaban J connectivity index is 1.54. The maximum absolute atomic E-state index is 6.10. The largest absolute Gasteiger partial charge is 0.491 e. The average Bonchev–Trinajstić information content (AvgIpc) is 3.27. The van der Waals surface area contributed by atoms with Gasteiger partial charge in [-0.1, -0.05) is 42.0 Å². The second-order valence-corrected chi connectivity index (χ2v) is 7.52. The molecule has 0 bridgehead atoms. The van der Waals surface area contributed by atoms with Crippen molar-refractivity contribution in [2.75, 3.05) is 26.7 Å². The molecular weight excluding hydrogens is 376 g/mol. The second-order valence-electron chi connectivity index (χ2n) is 7.52. The first-order valence-corrected chi connectivity index (χ1v) is 10.1. The van der Waals surface area contributed by atoms with Gasteiger partial charge in [0, 0.05) is 24.9 Å². The molecular formula is C24H24N4O2.